The molecule has 0 unspecified atom stereocenters. The van der Waals surface area contributed by atoms with Gasteiger partial charge in [0.15, 0.2) is 0 Å². The number of aromatic nitrogens is 2. The summed E-state index contributed by atoms with van der Waals surface area (Å²) in [5.74, 6) is 1.61. The molecule has 1 rings (SSSR count). The summed E-state index contributed by atoms with van der Waals surface area (Å²) < 4.78 is 0. The topological polar surface area (TPSA) is 58.1 Å². The predicted octanol–water partition coefficient (Wildman–Crippen LogP) is 2.52. The minimum Gasteiger partial charge on any atom is -0.355 e. The van der Waals surface area contributed by atoms with E-state index in [1.165, 1.54) is 0 Å². The summed E-state index contributed by atoms with van der Waals surface area (Å²) in [7, 11) is 0. The average Bonchev–Trinajstić information content (AvgIpc) is 2.39. The lowest BCUT2D eigenvalue weighted by atomic mass is 10.2. The standard InChI is InChI=1S/C14H23ClN4O/c1-6-16-11(20)8-19(7-2)14-10(5)12(15)17-13(18-14)9(3)4/h9H,6-8H2,1-5H3,(H,16,20). The molecule has 0 radical (unpaired) electrons. The van der Waals surface area contributed by atoms with Crippen LogP contribution in [0.15, 0.2) is 0 Å². The maximum atomic E-state index is 11.8. The fourth-order valence-corrected chi connectivity index (χ4v) is 1.99. The molecule has 0 fully saturated rings. The van der Waals surface area contributed by atoms with E-state index in [1.807, 2.05) is 39.5 Å². The lowest BCUT2D eigenvalue weighted by Gasteiger charge is -2.24. The van der Waals surface area contributed by atoms with E-state index in [9.17, 15) is 4.79 Å². The van der Waals surface area contributed by atoms with Crippen LogP contribution in [-0.2, 0) is 4.79 Å². The van der Waals surface area contributed by atoms with Crippen LogP contribution in [0.25, 0.3) is 0 Å². The van der Waals surface area contributed by atoms with Crippen molar-refractivity contribution in [3.8, 4) is 0 Å². The first kappa shape index (κ1) is 16.7. The van der Waals surface area contributed by atoms with Crippen molar-refractivity contribution in [3.63, 3.8) is 0 Å². The molecule has 1 aromatic heterocycles. The number of carbonyl (C=O) groups excluding carboxylic acids is 1. The zero-order chi connectivity index (χ0) is 15.3. The maximum Gasteiger partial charge on any atom is 0.239 e. The molecule has 0 atom stereocenters. The molecule has 0 aliphatic heterocycles. The summed E-state index contributed by atoms with van der Waals surface area (Å²) in [4.78, 5) is 22.5. The average molecular weight is 299 g/mol. The van der Waals surface area contributed by atoms with Gasteiger partial charge in [-0.1, -0.05) is 25.4 Å². The van der Waals surface area contributed by atoms with Crippen LogP contribution in [0.1, 0.15) is 45.0 Å². The third-order valence-corrected chi connectivity index (χ3v) is 3.35. The summed E-state index contributed by atoms with van der Waals surface area (Å²) in [5.41, 5.74) is 0.808. The zero-order valence-electron chi connectivity index (χ0n) is 12.8. The molecule has 0 saturated carbocycles. The number of anilines is 1. The van der Waals surface area contributed by atoms with Gasteiger partial charge in [0, 0.05) is 24.6 Å². The molecule has 112 valence electrons. The van der Waals surface area contributed by atoms with Gasteiger partial charge >= 0.3 is 0 Å². The minimum absolute atomic E-state index is 0.0189. The van der Waals surface area contributed by atoms with Crippen LogP contribution in [-0.4, -0.2) is 35.5 Å². The monoisotopic (exact) mass is 298 g/mol. The van der Waals surface area contributed by atoms with Crippen molar-refractivity contribution in [1.82, 2.24) is 15.3 Å². The molecule has 0 saturated heterocycles. The van der Waals surface area contributed by atoms with Gasteiger partial charge < -0.3 is 10.2 Å². The van der Waals surface area contributed by atoms with Gasteiger partial charge in [0.1, 0.15) is 16.8 Å². The number of halogens is 1. The molecular weight excluding hydrogens is 276 g/mol. The molecule has 1 N–H and O–H groups in total. The van der Waals surface area contributed by atoms with Gasteiger partial charge in [-0.25, -0.2) is 9.97 Å². The van der Waals surface area contributed by atoms with Crippen molar-refractivity contribution in [2.75, 3.05) is 24.5 Å². The van der Waals surface area contributed by atoms with Crippen LogP contribution < -0.4 is 10.2 Å². The number of nitrogens with zero attached hydrogens (tertiary/aromatic N) is 3. The quantitative estimate of drug-likeness (QED) is 0.820. The Morgan fingerprint density at radius 2 is 2.00 bits per heavy atom. The molecule has 20 heavy (non-hydrogen) atoms. The second-order valence-electron chi connectivity index (χ2n) is 4.94. The Morgan fingerprint density at radius 3 is 2.50 bits per heavy atom. The number of hydrogen-bond acceptors (Lipinski definition) is 4. The van der Waals surface area contributed by atoms with Crippen molar-refractivity contribution in [3.05, 3.63) is 16.5 Å². The van der Waals surface area contributed by atoms with E-state index in [2.05, 4.69) is 15.3 Å². The fourth-order valence-electron chi connectivity index (χ4n) is 1.82. The molecule has 0 aromatic carbocycles. The van der Waals surface area contributed by atoms with Crippen molar-refractivity contribution < 1.29 is 4.79 Å². The Bertz CT molecular complexity index is 476. The molecule has 0 spiro atoms. The number of hydrogen-bond donors (Lipinski definition) is 1. The second-order valence-corrected chi connectivity index (χ2v) is 5.30. The van der Waals surface area contributed by atoms with E-state index >= 15 is 0 Å². The van der Waals surface area contributed by atoms with E-state index < -0.39 is 0 Å². The highest BCUT2D eigenvalue weighted by Gasteiger charge is 2.18. The Morgan fingerprint density at radius 1 is 1.35 bits per heavy atom. The van der Waals surface area contributed by atoms with Crippen molar-refractivity contribution in [2.45, 2.75) is 40.5 Å². The summed E-state index contributed by atoms with van der Waals surface area (Å²) in [6.07, 6.45) is 0. The molecule has 6 heteroatoms. The molecule has 1 aromatic rings. The maximum absolute atomic E-state index is 11.8. The normalized spacial score (nSPS) is 10.8. The van der Waals surface area contributed by atoms with Crippen LogP contribution in [0.2, 0.25) is 5.15 Å². The highest BCUT2D eigenvalue weighted by molar-refractivity contribution is 6.30. The number of carbonyl (C=O) groups is 1. The van der Waals surface area contributed by atoms with Crippen molar-refractivity contribution >= 4 is 23.3 Å². The summed E-state index contributed by atoms with van der Waals surface area (Å²) in [5, 5.41) is 3.25. The third-order valence-electron chi connectivity index (χ3n) is 2.98. The third kappa shape index (κ3) is 4.07. The lowest BCUT2D eigenvalue weighted by Crippen LogP contribution is -2.38. The van der Waals surface area contributed by atoms with Gasteiger partial charge in [-0.15, -0.1) is 0 Å². The minimum atomic E-state index is -0.0189. The molecule has 1 amide bonds. The molecule has 0 bridgehead atoms. The number of amides is 1. The molecule has 0 aliphatic rings. The van der Waals surface area contributed by atoms with Crippen molar-refractivity contribution in [1.29, 1.82) is 0 Å². The molecule has 0 aliphatic carbocycles. The highest BCUT2D eigenvalue weighted by Crippen LogP contribution is 2.25. The van der Waals surface area contributed by atoms with Gasteiger partial charge in [-0.05, 0) is 20.8 Å². The van der Waals surface area contributed by atoms with Gasteiger partial charge in [0.05, 0.1) is 6.54 Å². The Hall–Kier alpha value is -1.36. The first-order chi connectivity index (χ1) is 9.40. The first-order valence-corrected chi connectivity index (χ1v) is 7.34. The molecule has 1 heterocycles. The molecule has 5 nitrogen and oxygen atoms in total. The van der Waals surface area contributed by atoms with E-state index in [0.717, 1.165) is 11.4 Å². The smallest absolute Gasteiger partial charge is 0.239 e. The van der Waals surface area contributed by atoms with Gasteiger partial charge in [-0.3, -0.25) is 4.79 Å². The van der Waals surface area contributed by atoms with E-state index in [-0.39, 0.29) is 18.4 Å². The van der Waals surface area contributed by atoms with Crippen LogP contribution in [0.4, 0.5) is 5.82 Å². The SMILES string of the molecule is CCNC(=O)CN(CC)c1nc(C(C)C)nc(Cl)c1C. The van der Waals surface area contributed by atoms with Crippen LogP contribution in [0.5, 0.6) is 0 Å². The molecular formula is C14H23ClN4O. The number of nitrogens with one attached hydrogen (secondary N) is 1. The van der Waals surface area contributed by atoms with E-state index in [4.69, 9.17) is 11.6 Å². The Labute approximate surface area is 125 Å². The lowest BCUT2D eigenvalue weighted by molar-refractivity contribution is -0.119. The highest BCUT2D eigenvalue weighted by atomic mass is 35.5. The Kier molecular flexibility index (Phi) is 6.20. The summed E-state index contributed by atoms with van der Waals surface area (Å²) >= 11 is 6.18. The first-order valence-electron chi connectivity index (χ1n) is 6.96. The zero-order valence-corrected chi connectivity index (χ0v) is 13.6. The summed E-state index contributed by atoms with van der Waals surface area (Å²) in [6, 6.07) is 0. The van der Waals surface area contributed by atoms with E-state index in [1.54, 1.807) is 0 Å². The van der Waals surface area contributed by atoms with Gasteiger partial charge in [0.2, 0.25) is 5.91 Å². The predicted molar refractivity (Wildman–Crippen MR) is 82.4 cm³/mol. The number of likely N-dealkylation sites (N-methyl/N-ethyl adjacent to an activating group) is 2. The number of rotatable bonds is 6. The van der Waals surface area contributed by atoms with Crippen LogP contribution in [0, 0.1) is 6.92 Å². The van der Waals surface area contributed by atoms with Gasteiger partial charge in [-0.2, -0.15) is 0 Å². The Balaban J connectivity index is 3.10. The van der Waals surface area contributed by atoms with Crippen molar-refractivity contribution in [2.24, 2.45) is 0 Å². The van der Waals surface area contributed by atoms with Gasteiger partial charge in [0.25, 0.3) is 0 Å². The van der Waals surface area contributed by atoms with E-state index in [0.29, 0.717) is 24.1 Å². The van der Waals surface area contributed by atoms with Crippen LogP contribution >= 0.6 is 11.6 Å². The van der Waals surface area contributed by atoms with Crippen LogP contribution in [0.3, 0.4) is 0 Å². The largest absolute Gasteiger partial charge is 0.355 e. The fraction of sp³-hybridized carbons (Fsp3) is 0.643. The second kappa shape index (κ2) is 7.43. The summed E-state index contributed by atoms with van der Waals surface area (Å²) in [6.45, 7) is 11.4.